The second-order valence-corrected chi connectivity index (χ2v) is 6.55. The van der Waals surface area contributed by atoms with Gasteiger partial charge in [-0.15, -0.1) is 0 Å². The smallest absolute Gasteiger partial charge is 0.150 e. The van der Waals surface area contributed by atoms with Crippen LogP contribution < -0.4 is 0 Å². The van der Waals surface area contributed by atoms with Crippen molar-refractivity contribution in [3.63, 3.8) is 0 Å². The molecule has 0 aliphatic carbocycles. The van der Waals surface area contributed by atoms with E-state index >= 15 is 0 Å². The molecule has 1 aromatic rings. The first-order valence-corrected chi connectivity index (χ1v) is 7.58. The number of aromatic nitrogens is 1. The summed E-state index contributed by atoms with van der Waals surface area (Å²) < 4.78 is 22.6. The van der Waals surface area contributed by atoms with Crippen LogP contribution in [0.3, 0.4) is 0 Å². The number of nitrogens with zero attached hydrogens (tertiary/aromatic N) is 1. The lowest BCUT2D eigenvalue weighted by atomic mass is 10.0. The summed E-state index contributed by atoms with van der Waals surface area (Å²) >= 11 is 0. The average molecular weight is 257 g/mol. The Morgan fingerprint density at radius 2 is 2.18 bits per heavy atom. The summed E-state index contributed by atoms with van der Waals surface area (Å²) in [7, 11) is -2.93. The quantitative estimate of drug-likeness (QED) is 0.841. The maximum Gasteiger partial charge on any atom is 0.150 e. The van der Waals surface area contributed by atoms with Crippen molar-refractivity contribution in [2.24, 2.45) is 0 Å². The fourth-order valence-electron chi connectivity index (χ4n) is 1.65. The summed E-state index contributed by atoms with van der Waals surface area (Å²) in [5.74, 6) is 0.300. The highest BCUT2D eigenvalue weighted by Gasteiger charge is 2.13. The first-order chi connectivity index (χ1) is 7.96. The van der Waals surface area contributed by atoms with Crippen LogP contribution in [-0.2, 0) is 9.84 Å². The molecule has 0 bridgehead atoms. The van der Waals surface area contributed by atoms with E-state index in [0.717, 1.165) is 11.3 Å². The van der Waals surface area contributed by atoms with E-state index < -0.39 is 15.9 Å². The zero-order chi connectivity index (χ0) is 12.9. The van der Waals surface area contributed by atoms with Crippen LogP contribution in [0, 0.1) is 6.92 Å². The lowest BCUT2D eigenvalue weighted by Gasteiger charge is -2.12. The van der Waals surface area contributed by atoms with Crippen molar-refractivity contribution in [3.05, 3.63) is 29.6 Å². The molecule has 0 aromatic carbocycles. The Labute approximate surface area is 103 Å². The van der Waals surface area contributed by atoms with E-state index in [1.165, 1.54) is 0 Å². The number of hydrogen-bond acceptors (Lipinski definition) is 4. The number of aliphatic hydroxyl groups is 1. The molecule has 1 atom stereocenters. The molecule has 0 aliphatic heterocycles. The van der Waals surface area contributed by atoms with E-state index in [1.54, 1.807) is 19.2 Å². The first-order valence-electron chi connectivity index (χ1n) is 5.76. The molecule has 1 N–H and O–H groups in total. The fourth-order valence-corrected chi connectivity index (χ4v) is 2.54. The topological polar surface area (TPSA) is 67.3 Å². The molecule has 1 aromatic heterocycles. The predicted octanol–water partition coefficient (Wildman–Crippen LogP) is 1.64. The molecular formula is C12H19NO3S. The van der Waals surface area contributed by atoms with Gasteiger partial charge in [0.2, 0.25) is 0 Å². The Hall–Kier alpha value is -0.940. The molecule has 17 heavy (non-hydrogen) atoms. The van der Waals surface area contributed by atoms with E-state index in [-0.39, 0.29) is 11.5 Å². The fraction of sp³-hybridized carbons (Fsp3) is 0.583. The minimum atomic E-state index is -2.93. The van der Waals surface area contributed by atoms with Crippen LogP contribution in [0.2, 0.25) is 0 Å². The van der Waals surface area contributed by atoms with E-state index in [9.17, 15) is 13.5 Å². The van der Waals surface area contributed by atoms with Crippen LogP contribution in [0.15, 0.2) is 18.3 Å². The largest absolute Gasteiger partial charge is 0.388 e. The summed E-state index contributed by atoms with van der Waals surface area (Å²) in [5, 5.41) is 9.94. The van der Waals surface area contributed by atoms with Crippen LogP contribution in [-0.4, -0.2) is 30.0 Å². The molecule has 1 unspecified atom stereocenters. The molecule has 4 nitrogen and oxygen atoms in total. The van der Waals surface area contributed by atoms with Crippen molar-refractivity contribution in [2.75, 3.05) is 11.5 Å². The van der Waals surface area contributed by atoms with Crippen LogP contribution in [0.5, 0.6) is 0 Å². The number of aryl methyl sites for hydroxylation is 1. The standard InChI is InChI=1S/C12H19NO3S/c1-3-17(15,16)9-5-7-12(14)11-6-4-8-13-10(11)2/h4,6,8,12,14H,3,5,7,9H2,1-2H3. The molecule has 0 saturated carbocycles. The summed E-state index contributed by atoms with van der Waals surface area (Å²) in [6.45, 7) is 3.47. The van der Waals surface area contributed by atoms with E-state index in [1.807, 2.05) is 13.0 Å². The highest BCUT2D eigenvalue weighted by molar-refractivity contribution is 7.91. The molecule has 1 rings (SSSR count). The van der Waals surface area contributed by atoms with Gasteiger partial charge in [-0.1, -0.05) is 13.0 Å². The lowest BCUT2D eigenvalue weighted by molar-refractivity contribution is 0.165. The molecule has 0 fully saturated rings. The van der Waals surface area contributed by atoms with Gasteiger partial charge in [0.15, 0.2) is 0 Å². The minimum absolute atomic E-state index is 0.139. The van der Waals surface area contributed by atoms with Crippen LogP contribution >= 0.6 is 0 Å². The van der Waals surface area contributed by atoms with Gasteiger partial charge in [-0.25, -0.2) is 8.42 Å². The third kappa shape index (κ3) is 4.44. The molecule has 0 aliphatic rings. The molecule has 0 spiro atoms. The number of hydrogen-bond donors (Lipinski definition) is 1. The van der Waals surface area contributed by atoms with Gasteiger partial charge in [0.25, 0.3) is 0 Å². The zero-order valence-electron chi connectivity index (χ0n) is 10.3. The molecule has 0 radical (unpaired) electrons. The SMILES string of the molecule is CCS(=O)(=O)CCCC(O)c1cccnc1C. The third-order valence-corrected chi connectivity index (χ3v) is 4.57. The van der Waals surface area contributed by atoms with Gasteiger partial charge < -0.3 is 5.11 Å². The van der Waals surface area contributed by atoms with Gasteiger partial charge in [-0.05, 0) is 25.8 Å². The second kappa shape index (κ2) is 6.12. The van der Waals surface area contributed by atoms with Gasteiger partial charge in [0, 0.05) is 23.2 Å². The van der Waals surface area contributed by atoms with Gasteiger partial charge in [-0.3, -0.25) is 4.98 Å². The third-order valence-electron chi connectivity index (χ3n) is 2.78. The van der Waals surface area contributed by atoms with Crippen molar-refractivity contribution in [1.82, 2.24) is 4.98 Å². The summed E-state index contributed by atoms with van der Waals surface area (Å²) in [6.07, 6.45) is 1.97. The van der Waals surface area contributed by atoms with E-state index in [0.29, 0.717) is 12.8 Å². The minimum Gasteiger partial charge on any atom is -0.388 e. The van der Waals surface area contributed by atoms with Crippen molar-refractivity contribution in [2.45, 2.75) is 32.8 Å². The predicted molar refractivity (Wildman–Crippen MR) is 67.5 cm³/mol. The Bertz CT molecular complexity index is 457. The molecular weight excluding hydrogens is 238 g/mol. The van der Waals surface area contributed by atoms with Crippen LogP contribution in [0.25, 0.3) is 0 Å². The lowest BCUT2D eigenvalue weighted by Crippen LogP contribution is -2.10. The van der Waals surface area contributed by atoms with Gasteiger partial charge in [0.1, 0.15) is 9.84 Å². The molecule has 0 saturated heterocycles. The summed E-state index contributed by atoms with van der Waals surface area (Å²) in [6, 6.07) is 3.59. The number of pyridine rings is 1. The Morgan fingerprint density at radius 1 is 1.47 bits per heavy atom. The highest BCUT2D eigenvalue weighted by atomic mass is 32.2. The number of sulfone groups is 1. The average Bonchev–Trinajstić information content (AvgIpc) is 2.29. The van der Waals surface area contributed by atoms with Crippen molar-refractivity contribution in [1.29, 1.82) is 0 Å². The van der Waals surface area contributed by atoms with Gasteiger partial charge in [0.05, 0.1) is 11.9 Å². The second-order valence-electron chi connectivity index (χ2n) is 4.07. The Balaban J connectivity index is 2.51. The van der Waals surface area contributed by atoms with E-state index in [4.69, 9.17) is 0 Å². The summed E-state index contributed by atoms with van der Waals surface area (Å²) in [5.41, 5.74) is 1.57. The summed E-state index contributed by atoms with van der Waals surface area (Å²) in [4.78, 5) is 4.09. The molecule has 96 valence electrons. The monoisotopic (exact) mass is 257 g/mol. The highest BCUT2D eigenvalue weighted by Crippen LogP contribution is 2.20. The van der Waals surface area contributed by atoms with Crippen molar-refractivity contribution in [3.8, 4) is 0 Å². The van der Waals surface area contributed by atoms with Gasteiger partial charge >= 0.3 is 0 Å². The van der Waals surface area contributed by atoms with Crippen LogP contribution in [0.4, 0.5) is 0 Å². The Kier molecular flexibility index (Phi) is 5.08. The first kappa shape index (κ1) is 14.1. The van der Waals surface area contributed by atoms with Gasteiger partial charge in [-0.2, -0.15) is 0 Å². The Morgan fingerprint density at radius 3 is 2.76 bits per heavy atom. The van der Waals surface area contributed by atoms with Crippen molar-refractivity contribution >= 4 is 9.84 Å². The maximum atomic E-state index is 11.3. The van der Waals surface area contributed by atoms with E-state index in [2.05, 4.69) is 4.98 Å². The number of aliphatic hydroxyl groups excluding tert-OH is 1. The normalized spacial score (nSPS) is 13.6. The number of rotatable bonds is 6. The zero-order valence-corrected chi connectivity index (χ0v) is 11.1. The molecule has 5 heteroatoms. The van der Waals surface area contributed by atoms with Crippen LogP contribution in [0.1, 0.15) is 37.1 Å². The maximum absolute atomic E-state index is 11.3. The molecule has 0 amide bonds. The van der Waals surface area contributed by atoms with Crippen molar-refractivity contribution < 1.29 is 13.5 Å². The molecule has 1 heterocycles.